The van der Waals surface area contributed by atoms with E-state index in [2.05, 4.69) is 5.32 Å². The highest BCUT2D eigenvalue weighted by atomic mass is 32.2. The Morgan fingerprint density at radius 3 is 2.72 bits per heavy atom. The standard InChI is InChI=1S/C17H13FN2O4S/c1-10-6-7-11(24-10)8-14-16(22)20(17(23)25-14)9-15(21)19-13-5-3-2-4-12(13)18/h2-8H,9H2,1H3,(H,19,21). The number of hydrogen-bond acceptors (Lipinski definition) is 5. The fourth-order valence-corrected chi connectivity index (χ4v) is 3.01. The lowest BCUT2D eigenvalue weighted by atomic mass is 10.3. The number of para-hydroxylation sites is 1. The zero-order valence-electron chi connectivity index (χ0n) is 13.1. The van der Waals surface area contributed by atoms with Crippen molar-refractivity contribution in [3.05, 3.63) is 58.6 Å². The van der Waals surface area contributed by atoms with Crippen LogP contribution in [-0.4, -0.2) is 28.5 Å². The van der Waals surface area contributed by atoms with Crippen molar-refractivity contribution >= 4 is 40.6 Å². The third kappa shape index (κ3) is 3.80. The van der Waals surface area contributed by atoms with Crippen molar-refractivity contribution in [3.8, 4) is 0 Å². The molecule has 2 heterocycles. The first-order valence-electron chi connectivity index (χ1n) is 7.30. The number of imide groups is 1. The molecule has 1 saturated heterocycles. The van der Waals surface area contributed by atoms with Crippen molar-refractivity contribution in [1.82, 2.24) is 4.90 Å². The summed E-state index contributed by atoms with van der Waals surface area (Å²) in [5, 5.41) is 1.77. The zero-order valence-corrected chi connectivity index (χ0v) is 13.9. The molecule has 1 aliphatic rings. The molecule has 0 unspecified atom stereocenters. The van der Waals surface area contributed by atoms with Crippen LogP contribution < -0.4 is 5.32 Å². The van der Waals surface area contributed by atoms with E-state index in [1.807, 2.05) is 0 Å². The molecule has 0 aliphatic carbocycles. The van der Waals surface area contributed by atoms with Gasteiger partial charge in [-0.3, -0.25) is 19.3 Å². The lowest BCUT2D eigenvalue weighted by Gasteiger charge is -2.12. The van der Waals surface area contributed by atoms with Crippen LogP contribution in [0.5, 0.6) is 0 Å². The van der Waals surface area contributed by atoms with E-state index in [0.717, 1.165) is 16.7 Å². The summed E-state index contributed by atoms with van der Waals surface area (Å²) in [4.78, 5) is 37.3. The smallest absolute Gasteiger partial charge is 0.294 e. The van der Waals surface area contributed by atoms with E-state index in [-0.39, 0.29) is 10.6 Å². The minimum absolute atomic E-state index is 0.0129. The first-order chi connectivity index (χ1) is 11.9. The van der Waals surface area contributed by atoms with Gasteiger partial charge in [0.1, 0.15) is 23.9 Å². The Kier molecular flexibility index (Phi) is 4.71. The van der Waals surface area contributed by atoms with Gasteiger partial charge in [0, 0.05) is 6.08 Å². The summed E-state index contributed by atoms with van der Waals surface area (Å²) in [6, 6.07) is 9.05. The average molecular weight is 360 g/mol. The number of rotatable bonds is 4. The molecule has 1 N–H and O–H groups in total. The number of furan rings is 1. The number of amides is 3. The van der Waals surface area contributed by atoms with Crippen molar-refractivity contribution in [1.29, 1.82) is 0 Å². The molecule has 1 fully saturated rings. The van der Waals surface area contributed by atoms with Crippen molar-refractivity contribution in [2.45, 2.75) is 6.92 Å². The molecular formula is C17H13FN2O4S. The largest absolute Gasteiger partial charge is 0.462 e. The maximum absolute atomic E-state index is 13.5. The predicted octanol–water partition coefficient (Wildman–Crippen LogP) is 3.40. The Morgan fingerprint density at radius 2 is 2.04 bits per heavy atom. The number of nitrogens with zero attached hydrogens (tertiary/aromatic N) is 1. The minimum Gasteiger partial charge on any atom is -0.462 e. The van der Waals surface area contributed by atoms with Gasteiger partial charge >= 0.3 is 0 Å². The van der Waals surface area contributed by atoms with E-state index in [9.17, 15) is 18.8 Å². The molecule has 128 valence electrons. The lowest BCUT2D eigenvalue weighted by molar-refractivity contribution is -0.127. The van der Waals surface area contributed by atoms with Gasteiger partial charge in [0.25, 0.3) is 11.1 Å². The fourth-order valence-electron chi connectivity index (χ4n) is 2.19. The van der Waals surface area contributed by atoms with Crippen LogP contribution in [0.25, 0.3) is 6.08 Å². The molecule has 3 amide bonds. The molecule has 6 nitrogen and oxygen atoms in total. The molecule has 2 aromatic rings. The summed E-state index contributed by atoms with van der Waals surface area (Å²) < 4.78 is 18.9. The second-order valence-electron chi connectivity index (χ2n) is 5.24. The molecule has 0 spiro atoms. The van der Waals surface area contributed by atoms with E-state index < -0.39 is 29.4 Å². The van der Waals surface area contributed by atoms with Gasteiger partial charge in [-0.05, 0) is 43.0 Å². The summed E-state index contributed by atoms with van der Waals surface area (Å²) in [5.74, 6) is -0.734. The van der Waals surface area contributed by atoms with Crippen molar-refractivity contribution < 1.29 is 23.2 Å². The highest BCUT2D eigenvalue weighted by Gasteiger charge is 2.36. The first-order valence-corrected chi connectivity index (χ1v) is 8.12. The second-order valence-corrected chi connectivity index (χ2v) is 6.24. The van der Waals surface area contributed by atoms with E-state index in [0.29, 0.717) is 11.5 Å². The predicted molar refractivity (Wildman–Crippen MR) is 91.2 cm³/mol. The first kappa shape index (κ1) is 17.0. The molecule has 0 bridgehead atoms. The van der Waals surface area contributed by atoms with Crippen LogP contribution in [0.2, 0.25) is 0 Å². The molecule has 25 heavy (non-hydrogen) atoms. The number of hydrogen-bond donors (Lipinski definition) is 1. The van der Waals surface area contributed by atoms with Gasteiger partial charge in [0.2, 0.25) is 5.91 Å². The monoisotopic (exact) mass is 360 g/mol. The van der Waals surface area contributed by atoms with Crippen LogP contribution >= 0.6 is 11.8 Å². The normalized spacial score (nSPS) is 15.9. The molecule has 1 aromatic heterocycles. The van der Waals surface area contributed by atoms with Crippen LogP contribution in [0.4, 0.5) is 14.9 Å². The molecule has 1 aromatic carbocycles. The maximum Gasteiger partial charge on any atom is 0.294 e. The molecule has 0 saturated carbocycles. The summed E-state index contributed by atoms with van der Waals surface area (Å²) >= 11 is 0.722. The number of anilines is 1. The fraction of sp³-hybridized carbons (Fsp3) is 0.118. The highest BCUT2D eigenvalue weighted by Crippen LogP contribution is 2.32. The van der Waals surface area contributed by atoms with E-state index >= 15 is 0 Å². The van der Waals surface area contributed by atoms with E-state index in [1.54, 1.807) is 25.1 Å². The number of thioether (sulfide) groups is 1. The number of carbonyl (C=O) groups is 3. The summed E-state index contributed by atoms with van der Waals surface area (Å²) in [5.41, 5.74) is -0.0129. The Balaban J connectivity index is 1.69. The quantitative estimate of drug-likeness (QED) is 0.846. The van der Waals surface area contributed by atoms with E-state index in [1.165, 1.54) is 24.3 Å². The van der Waals surface area contributed by atoms with Crippen molar-refractivity contribution in [2.24, 2.45) is 0 Å². The second kappa shape index (κ2) is 6.94. The SMILES string of the molecule is Cc1ccc(C=C2SC(=O)N(CC(=O)Nc3ccccc3F)C2=O)o1. The van der Waals surface area contributed by atoms with Crippen molar-refractivity contribution in [2.75, 3.05) is 11.9 Å². The molecule has 1 aliphatic heterocycles. The van der Waals surface area contributed by atoms with E-state index in [4.69, 9.17) is 4.42 Å². The number of carbonyl (C=O) groups excluding carboxylic acids is 3. The summed E-state index contributed by atoms with van der Waals surface area (Å²) in [6.07, 6.45) is 1.45. The van der Waals surface area contributed by atoms with Gasteiger partial charge in [-0.1, -0.05) is 12.1 Å². The van der Waals surface area contributed by atoms with Crippen LogP contribution in [0.1, 0.15) is 11.5 Å². The topological polar surface area (TPSA) is 79.6 Å². The van der Waals surface area contributed by atoms with Gasteiger partial charge in [-0.25, -0.2) is 4.39 Å². The Hall–Kier alpha value is -2.87. The average Bonchev–Trinajstić information content (AvgIpc) is 3.08. The highest BCUT2D eigenvalue weighted by molar-refractivity contribution is 8.18. The van der Waals surface area contributed by atoms with Gasteiger partial charge in [-0.2, -0.15) is 0 Å². The zero-order chi connectivity index (χ0) is 18.0. The Morgan fingerprint density at radius 1 is 1.28 bits per heavy atom. The van der Waals surface area contributed by atoms with Crippen LogP contribution in [0, 0.1) is 12.7 Å². The minimum atomic E-state index is -0.664. The van der Waals surface area contributed by atoms with Gasteiger partial charge < -0.3 is 9.73 Å². The van der Waals surface area contributed by atoms with Gasteiger partial charge in [-0.15, -0.1) is 0 Å². The van der Waals surface area contributed by atoms with Crippen LogP contribution in [0.15, 0.2) is 45.7 Å². The third-order valence-corrected chi connectivity index (χ3v) is 4.27. The summed E-state index contributed by atoms with van der Waals surface area (Å²) in [7, 11) is 0. The molecular weight excluding hydrogens is 347 g/mol. The number of benzene rings is 1. The molecule has 0 atom stereocenters. The summed E-state index contributed by atoms with van der Waals surface area (Å²) in [6.45, 7) is 1.27. The lowest BCUT2D eigenvalue weighted by Crippen LogP contribution is -2.36. The number of nitrogens with one attached hydrogen (secondary N) is 1. The third-order valence-electron chi connectivity index (χ3n) is 3.36. The maximum atomic E-state index is 13.5. The van der Waals surface area contributed by atoms with Crippen molar-refractivity contribution in [3.63, 3.8) is 0 Å². The molecule has 8 heteroatoms. The van der Waals surface area contributed by atoms with Crippen LogP contribution in [-0.2, 0) is 9.59 Å². The Labute approximate surface area is 146 Å². The molecule has 0 radical (unpaired) electrons. The number of aryl methyl sites for hydroxylation is 1. The van der Waals surface area contributed by atoms with Crippen LogP contribution in [0.3, 0.4) is 0 Å². The Bertz CT molecular complexity index is 890. The van der Waals surface area contributed by atoms with Gasteiger partial charge in [0.15, 0.2) is 0 Å². The van der Waals surface area contributed by atoms with Gasteiger partial charge in [0.05, 0.1) is 10.6 Å². The number of halogens is 1. The molecule has 3 rings (SSSR count).